The van der Waals surface area contributed by atoms with E-state index in [1.54, 1.807) is 5.56 Å². The summed E-state index contributed by atoms with van der Waals surface area (Å²) in [7, 11) is 0. The Morgan fingerprint density at radius 1 is 1.12 bits per heavy atom. The third kappa shape index (κ3) is 2.23. The predicted octanol–water partition coefficient (Wildman–Crippen LogP) is 4.20. The molecule has 2 heterocycles. The Hall–Kier alpha value is -2.26. The Morgan fingerprint density at radius 3 is 2.96 bits per heavy atom. The summed E-state index contributed by atoms with van der Waals surface area (Å²) in [5, 5.41) is 5.08. The number of rotatable bonds is 3. The number of fused-ring (bicyclic) bond motifs is 3. The summed E-state index contributed by atoms with van der Waals surface area (Å²) in [4.78, 5) is 0. The van der Waals surface area contributed by atoms with Crippen molar-refractivity contribution in [2.45, 2.75) is 38.5 Å². The number of nitrogens with zero attached hydrogens (tertiary/aromatic N) is 1. The van der Waals surface area contributed by atoms with Crippen molar-refractivity contribution >= 4 is 10.9 Å². The van der Waals surface area contributed by atoms with Crippen molar-refractivity contribution in [3.8, 4) is 5.75 Å². The van der Waals surface area contributed by atoms with Crippen molar-refractivity contribution in [3.63, 3.8) is 0 Å². The van der Waals surface area contributed by atoms with Gasteiger partial charge in [-0.2, -0.15) is 0 Å². The lowest BCUT2D eigenvalue weighted by molar-refractivity contribution is 0.306. The van der Waals surface area contributed by atoms with Gasteiger partial charge in [0.15, 0.2) is 0 Å². The molecule has 122 valence electrons. The van der Waals surface area contributed by atoms with Gasteiger partial charge in [0.25, 0.3) is 0 Å². The smallest absolute Gasteiger partial charge is 0.120 e. The van der Waals surface area contributed by atoms with Crippen LogP contribution in [0.5, 0.6) is 5.75 Å². The topological polar surface area (TPSA) is 26.2 Å². The molecule has 1 aliphatic carbocycles. The third-order valence-electron chi connectivity index (χ3n) is 5.41. The van der Waals surface area contributed by atoms with Crippen LogP contribution >= 0.6 is 0 Å². The van der Waals surface area contributed by atoms with E-state index in [1.807, 2.05) is 6.07 Å². The van der Waals surface area contributed by atoms with Gasteiger partial charge < -0.3 is 14.6 Å². The molecule has 0 saturated carbocycles. The van der Waals surface area contributed by atoms with Gasteiger partial charge in [0, 0.05) is 35.7 Å². The standard InChI is InChI=1S/C21H22N2O/c1-2-5-15(6-3-1)14-24-16-9-10-20-18(13-16)17-7-4-8-19-21(17)23(20)12-11-22-19/h1-3,5-6,9-10,13,19,22H,4,7-8,11-12,14H2/t19-/m1/s1. The average Bonchev–Trinajstić information content (AvgIpc) is 2.97. The normalized spacial score (nSPS) is 19.2. The number of hydrogen-bond acceptors (Lipinski definition) is 2. The molecule has 0 spiro atoms. The number of aryl methyl sites for hydroxylation is 1. The van der Waals surface area contributed by atoms with Gasteiger partial charge in [-0.3, -0.25) is 0 Å². The highest BCUT2D eigenvalue weighted by Gasteiger charge is 2.29. The largest absolute Gasteiger partial charge is 0.489 e. The van der Waals surface area contributed by atoms with Crippen LogP contribution in [0.1, 0.15) is 35.7 Å². The maximum atomic E-state index is 6.05. The Bertz CT molecular complexity index is 880. The lowest BCUT2D eigenvalue weighted by Crippen LogP contribution is -2.35. The maximum absolute atomic E-state index is 6.05. The van der Waals surface area contributed by atoms with Crippen molar-refractivity contribution in [2.24, 2.45) is 0 Å². The lowest BCUT2D eigenvalue weighted by Gasteiger charge is -2.31. The molecular formula is C21H22N2O. The molecular weight excluding hydrogens is 296 g/mol. The molecule has 24 heavy (non-hydrogen) atoms. The summed E-state index contributed by atoms with van der Waals surface area (Å²) in [6, 6.07) is 17.5. The highest BCUT2D eigenvalue weighted by atomic mass is 16.5. The van der Waals surface area contributed by atoms with E-state index in [0.29, 0.717) is 12.6 Å². The van der Waals surface area contributed by atoms with Crippen LogP contribution in [-0.4, -0.2) is 11.1 Å². The van der Waals surface area contributed by atoms with E-state index in [9.17, 15) is 0 Å². The molecule has 3 aromatic rings. The number of ether oxygens (including phenoxy) is 1. The molecule has 3 heteroatoms. The second-order valence-corrected chi connectivity index (χ2v) is 6.87. The first-order valence-corrected chi connectivity index (χ1v) is 8.95. The molecule has 0 bridgehead atoms. The first kappa shape index (κ1) is 14.1. The van der Waals surface area contributed by atoms with Crippen LogP contribution in [0.2, 0.25) is 0 Å². The van der Waals surface area contributed by atoms with Crippen LogP contribution in [0.3, 0.4) is 0 Å². The van der Waals surface area contributed by atoms with Gasteiger partial charge in [-0.1, -0.05) is 30.3 Å². The minimum Gasteiger partial charge on any atom is -0.489 e. The van der Waals surface area contributed by atoms with Crippen molar-refractivity contribution in [2.75, 3.05) is 6.54 Å². The van der Waals surface area contributed by atoms with Gasteiger partial charge in [-0.25, -0.2) is 0 Å². The number of hydrogen-bond donors (Lipinski definition) is 1. The van der Waals surface area contributed by atoms with E-state index >= 15 is 0 Å². The molecule has 2 aromatic carbocycles. The highest BCUT2D eigenvalue weighted by molar-refractivity contribution is 5.87. The van der Waals surface area contributed by atoms with E-state index in [1.165, 1.54) is 41.4 Å². The number of aromatic nitrogens is 1. The Kier molecular flexibility index (Phi) is 3.34. The lowest BCUT2D eigenvalue weighted by atomic mass is 9.91. The second-order valence-electron chi connectivity index (χ2n) is 6.87. The average molecular weight is 318 g/mol. The molecule has 2 aliphatic rings. The van der Waals surface area contributed by atoms with E-state index in [4.69, 9.17) is 4.74 Å². The zero-order chi connectivity index (χ0) is 15.9. The molecule has 0 amide bonds. The molecule has 0 radical (unpaired) electrons. The molecule has 1 N–H and O–H groups in total. The summed E-state index contributed by atoms with van der Waals surface area (Å²) in [6.07, 6.45) is 3.73. The van der Waals surface area contributed by atoms with E-state index in [-0.39, 0.29) is 0 Å². The zero-order valence-electron chi connectivity index (χ0n) is 13.8. The van der Waals surface area contributed by atoms with Gasteiger partial charge in [0.05, 0.1) is 0 Å². The highest BCUT2D eigenvalue weighted by Crippen LogP contribution is 2.40. The van der Waals surface area contributed by atoms with E-state index < -0.39 is 0 Å². The molecule has 0 fully saturated rings. The molecule has 1 aromatic heterocycles. The Labute approximate surface area is 142 Å². The molecule has 3 nitrogen and oxygen atoms in total. The first-order chi connectivity index (χ1) is 11.9. The second kappa shape index (κ2) is 5.67. The summed E-state index contributed by atoms with van der Waals surface area (Å²) >= 11 is 0. The van der Waals surface area contributed by atoms with Gasteiger partial charge >= 0.3 is 0 Å². The van der Waals surface area contributed by atoms with Crippen LogP contribution < -0.4 is 10.1 Å². The Morgan fingerprint density at radius 2 is 2.04 bits per heavy atom. The fourth-order valence-corrected chi connectivity index (χ4v) is 4.32. The van der Waals surface area contributed by atoms with E-state index in [2.05, 4.69) is 52.3 Å². The Balaban J connectivity index is 1.52. The predicted molar refractivity (Wildman–Crippen MR) is 96.4 cm³/mol. The fourth-order valence-electron chi connectivity index (χ4n) is 4.32. The monoisotopic (exact) mass is 318 g/mol. The maximum Gasteiger partial charge on any atom is 0.120 e. The van der Waals surface area contributed by atoms with Crippen LogP contribution in [-0.2, 0) is 19.6 Å². The molecule has 1 aliphatic heterocycles. The summed E-state index contributed by atoms with van der Waals surface area (Å²) in [5.41, 5.74) is 5.65. The van der Waals surface area contributed by atoms with Crippen molar-refractivity contribution in [1.29, 1.82) is 0 Å². The SMILES string of the molecule is c1ccc(COc2ccc3c(c2)c2c4n3CCN[C@@H]4CCC2)cc1. The molecule has 5 rings (SSSR count). The summed E-state index contributed by atoms with van der Waals surface area (Å²) in [6.45, 7) is 2.78. The van der Waals surface area contributed by atoms with Gasteiger partial charge in [0.1, 0.15) is 12.4 Å². The zero-order valence-corrected chi connectivity index (χ0v) is 13.8. The van der Waals surface area contributed by atoms with Gasteiger partial charge in [0.2, 0.25) is 0 Å². The fraction of sp³-hybridized carbons (Fsp3) is 0.333. The van der Waals surface area contributed by atoms with Crippen molar-refractivity contribution in [3.05, 3.63) is 65.4 Å². The van der Waals surface area contributed by atoms with Crippen molar-refractivity contribution < 1.29 is 4.74 Å². The third-order valence-corrected chi connectivity index (χ3v) is 5.41. The van der Waals surface area contributed by atoms with Gasteiger partial charge in [-0.15, -0.1) is 0 Å². The number of nitrogens with one attached hydrogen (secondary N) is 1. The van der Waals surface area contributed by atoms with Crippen LogP contribution in [0, 0.1) is 0 Å². The molecule has 0 saturated heterocycles. The minimum atomic E-state index is 0.545. The van der Waals surface area contributed by atoms with Crippen LogP contribution in [0.15, 0.2) is 48.5 Å². The minimum absolute atomic E-state index is 0.545. The quantitative estimate of drug-likeness (QED) is 0.783. The first-order valence-electron chi connectivity index (χ1n) is 8.95. The summed E-state index contributed by atoms with van der Waals surface area (Å²) in [5.74, 6) is 0.973. The molecule has 1 atom stereocenters. The van der Waals surface area contributed by atoms with Crippen molar-refractivity contribution in [1.82, 2.24) is 9.88 Å². The number of benzene rings is 2. The summed E-state index contributed by atoms with van der Waals surface area (Å²) < 4.78 is 8.59. The molecule has 0 unspecified atom stereocenters. The van der Waals surface area contributed by atoms with Crippen LogP contribution in [0.4, 0.5) is 0 Å². The van der Waals surface area contributed by atoms with Gasteiger partial charge in [-0.05, 0) is 48.6 Å². The van der Waals surface area contributed by atoms with Crippen LogP contribution in [0.25, 0.3) is 10.9 Å². The van der Waals surface area contributed by atoms with E-state index in [0.717, 1.165) is 18.8 Å².